The molecule has 32 heavy (non-hydrogen) atoms. The number of carbonyl (C=O) groups excluding carboxylic acids is 1. The average Bonchev–Trinajstić information content (AvgIpc) is 3.50. The number of amides is 1. The van der Waals surface area contributed by atoms with Crippen LogP contribution < -0.4 is 15.0 Å². The number of carbonyl (C=O) groups is 1. The topological polar surface area (TPSA) is 105 Å². The summed E-state index contributed by atoms with van der Waals surface area (Å²) in [4.78, 5) is 23.3. The highest BCUT2D eigenvalue weighted by molar-refractivity contribution is 5.73. The predicted molar refractivity (Wildman–Crippen MR) is 114 cm³/mol. The lowest BCUT2D eigenvalue weighted by Crippen LogP contribution is -2.35. The molecule has 2 N–H and O–H groups in total. The first-order valence-corrected chi connectivity index (χ1v) is 10.9. The van der Waals surface area contributed by atoms with Gasteiger partial charge in [-0.3, -0.25) is 4.98 Å². The van der Waals surface area contributed by atoms with Crippen LogP contribution in [0.15, 0.2) is 30.7 Å². The van der Waals surface area contributed by atoms with Crippen LogP contribution in [0.3, 0.4) is 0 Å². The van der Waals surface area contributed by atoms with Gasteiger partial charge in [-0.25, -0.2) is 18.7 Å². The van der Waals surface area contributed by atoms with Gasteiger partial charge in [0.2, 0.25) is 5.65 Å². The van der Waals surface area contributed by atoms with Gasteiger partial charge < -0.3 is 20.1 Å². The monoisotopic (exact) mass is 440 g/mol. The van der Waals surface area contributed by atoms with E-state index in [1.54, 1.807) is 16.8 Å². The van der Waals surface area contributed by atoms with E-state index in [0.717, 1.165) is 37.1 Å². The molecule has 9 nitrogen and oxygen atoms in total. The molecule has 2 aliphatic rings. The molecule has 3 aromatic rings. The highest BCUT2D eigenvalue weighted by Crippen LogP contribution is 2.37. The third kappa shape index (κ3) is 3.97. The zero-order valence-electron chi connectivity index (χ0n) is 17.7. The number of anilines is 1. The molecule has 1 saturated heterocycles. The van der Waals surface area contributed by atoms with Gasteiger partial charge in [-0.15, -0.1) is 0 Å². The molecule has 0 bridgehead atoms. The molecule has 0 unspecified atom stereocenters. The summed E-state index contributed by atoms with van der Waals surface area (Å²) in [7, 11) is 0. The lowest BCUT2D eigenvalue weighted by atomic mass is 10.0. The Hall–Kier alpha value is -3.27. The molecule has 10 heteroatoms. The van der Waals surface area contributed by atoms with E-state index in [-0.39, 0.29) is 29.8 Å². The predicted octanol–water partition coefficient (Wildman–Crippen LogP) is 2.92. The van der Waals surface area contributed by atoms with Gasteiger partial charge >= 0.3 is 6.09 Å². The zero-order valence-corrected chi connectivity index (χ0v) is 17.7. The zero-order chi connectivity index (χ0) is 22.2. The van der Waals surface area contributed by atoms with Crippen LogP contribution >= 0.6 is 0 Å². The van der Waals surface area contributed by atoms with Crippen LogP contribution in [-0.4, -0.2) is 49.5 Å². The SMILES string of the molecule is Cc1ncc(F)cc1[C@H]1CCCN1c1ccn2ncc(OC(=O)N[C@H]3CC[C@H](O)C3)c2n1. The molecule has 2 fully saturated rings. The van der Waals surface area contributed by atoms with Gasteiger partial charge in [0.05, 0.1) is 24.5 Å². The number of hydrogen-bond donors (Lipinski definition) is 2. The van der Waals surface area contributed by atoms with Crippen molar-refractivity contribution in [3.05, 3.63) is 47.8 Å². The van der Waals surface area contributed by atoms with Crippen molar-refractivity contribution in [1.29, 1.82) is 0 Å². The van der Waals surface area contributed by atoms with Gasteiger partial charge in [-0.1, -0.05) is 0 Å². The number of fused-ring (bicyclic) bond motifs is 1. The van der Waals surface area contributed by atoms with Crippen LogP contribution in [0.5, 0.6) is 5.75 Å². The Morgan fingerprint density at radius 2 is 2.19 bits per heavy atom. The summed E-state index contributed by atoms with van der Waals surface area (Å²) in [6.07, 6.45) is 7.22. The van der Waals surface area contributed by atoms with Crippen LogP contribution in [0.4, 0.5) is 15.0 Å². The Morgan fingerprint density at radius 3 is 3.00 bits per heavy atom. The number of rotatable bonds is 4. The standard InChI is InChI=1S/C22H25FN6O3/c1-13-17(9-14(23)11-24-13)18-3-2-7-28(18)20-6-8-29-21(27-20)19(12-25-29)32-22(31)26-15-4-5-16(30)10-15/h6,8-9,11-12,15-16,18,30H,2-5,7,10H2,1H3,(H,26,31)/t15-,16-,18+/m0/s1. The van der Waals surface area contributed by atoms with Crippen molar-refractivity contribution in [2.45, 2.75) is 57.2 Å². The Labute approximate surface area is 184 Å². The maximum Gasteiger partial charge on any atom is 0.413 e. The van der Waals surface area contributed by atoms with E-state index in [1.807, 2.05) is 13.0 Å². The van der Waals surface area contributed by atoms with Crippen LogP contribution in [0.25, 0.3) is 5.65 Å². The Morgan fingerprint density at radius 1 is 1.31 bits per heavy atom. The molecule has 0 radical (unpaired) electrons. The largest absolute Gasteiger partial charge is 0.413 e. The maximum atomic E-state index is 13.9. The number of nitrogens with one attached hydrogen (secondary N) is 1. The minimum Gasteiger partial charge on any atom is -0.405 e. The number of halogens is 1. The molecule has 4 heterocycles. The van der Waals surface area contributed by atoms with Crippen LogP contribution in [0, 0.1) is 12.7 Å². The molecule has 0 aromatic carbocycles. The van der Waals surface area contributed by atoms with Crippen LogP contribution in [0.2, 0.25) is 0 Å². The summed E-state index contributed by atoms with van der Waals surface area (Å²) in [5.41, 5.74) is 2.07. The second kappa shape index (κ2) is 8.34. The van der Waals surface area contributed by atoms with Gasteiger partial charge in [-0.2, -0.15) is 5.10 Å². The number of pyridine rings is 1. The van der Waals surface area contributed by atoms with Crippen molar-refractivity contribution < 1.29 is 19.0 Å². The molecule has 1 amide bonds. The van der Waals surface area contributed by atoms with Crippen LogP contribution in [0.1, 0.15) is 49.4 Å². The number of aliphatic hydroxyl groups is 1. The summed E-state index contributed by atoms with van der Waals surface area (Å²) in [5, 5.41) is 16.6. The van der Waals surface area contributed by atoms with Gasteiger partial charge in [0.25, 0.3) is 0 Å². The normalized spacial score (nSPS) is 23.1. The highest BCUT2D eigenvalue weighted by atomic mass is 19.1. The van der Waals surface area contributed by atoms with E-state index < -0.39 is 6.09 Å². The quantitative estimate of drug-likeness (QED) is 0.643. The highest BCUT2D eigenvalue weighted by Gasteiger charge is 2.30. The van der Waals surface area contributed by atoms with E-state index in [9.17, 15) is 14.3 Å². The first-order valence-electron chi connectivity index (χ1n) is 10.9. The summed E-state index contributed by atoms with van der Waals surface area (Å²) in [5.74, 6) is 0.601. The van der Waals surface area contributed by atoms with Gasteiger partial charge in [0.1, 0.15) is 11.6 Å². The minimum atomic E-state index is -0.591. The number of aryl methyl sites for hydroxylation is 1. The number of hydrogen-bond acceptors (Lipinski definition) is 7. The van der Waals surface area contributed by atoms with Gasteiger partial charge in [0, 0.05) is 24.5 Å². The Balaban J connectivity index is 1.38. The summed E-state index contributed by atoms with van der Waals surface area (Å²) in [6, 6.07) is 3.26. The van der Waals surface area contributed by atoms with E-state index in [1.165, 1.54) is 12.4 Å². The number of aromatic nitrogens is 4. The average molecular weight is 440 g/mol. The maximum absolute atomic E-state index is 13.9. The van der Waals surface area contributed by atoms with Crippen molar-refractivity contribution in [3.8, 4) is 5.75 Å². The Bertz CT molecular complexity index is 1150. The molecule has 0 spiro atoms. The third-order valence-corrected chi connectivity index (χ3v) is 6.25. The second-order valence-electron chi connectivity index (χ2n) is 8.44. The molecular weight excluding hydrogens is 415 g/mol. The lowest BCUT2D eigenvalue weighted by molar-refractivity contribution is 0.176. The molecule has 1 aliphatic heterocycles. The van der Waals surface area contributed by atoms with E-state index in [0.29, 0.717) is 24.3 Å². The van der Waals surface area contributed by atoms with E-state index in [2.05, 4.69) is 20.3 Å². The summed E-state index contributed by atoms with van der Waals surface area (Å²) < 4.78 is 20.9. The second-order valence-corrected chi connectivity index (χ2v) is 8.44. The number of nitrogens with zero attached hydrogens (tertiary/aromatic N) is 5. The molecule has 168 valence electrons. The molecule has 1 saturated carbocycles. The smallest absolute Gasteiger partial charge is 0.405 e. The fourth-order valence-electron chi connectivity index (χ4n) is 4.68. The van der Waals surface area contributed by atoms with Crippen molar-refractivity contribution >= 4 is 17.6 Å². The van der Waals surface area contributed by atoms with Crippen molar-refractivity contribution in [3.63, 3.8) is 0 Å². The van der Waals surface area contributed by atoms with Crippen molar-refractivity contribution in [1.82, 2.24) is 24.9 Å². The molecule has 5 rings (SSSR count). The van der Waals surface area contributed by atoms with Crippen molar-refractivity contribution in [2.24, 2.45) is 0 Å². The first kappa shape index (κ1) is 20.6. The number of aliphatic hydroxyl groups excluding tert-OH is 1. The van der Waals surface area contributed by atoms with Gasteiger partial charge in [-0.05, 0) is 56.7 Å². The lowest BCUT2D eigenvalue weighted by Gasteiger charge is -2.27. The first-order chi connectivity index (χ1) is 15.5. The fraction of sp³-hybridized carbons (Fsp3) is 0.455. The Kier molecular flexibility index (Phi) is 5.38. The minimum absolute atomic E-state index is 0.0301. The van der Waals surface area contributed by atoms with Gasteiger partial charge in [0.15, 0.2) is 5.75 Å². The summed E-state index contributed by atoms with van der Waals surface area (Å²) >= 11 is 0. The molecule has 3 aromatic heterocycles. The molecule has 1 aliphatic carbocycles. The summed E-state index contributed by atoms with van der Waals surface area (Å²) in [6.45, 7) is 2.66. The number of ether oxygens (including phenoxy) is 1. The van der Waals surface area contributed by atoms with E-state index >= 15 is 0 Å². The molecule has 3 atom stereocenters. The third-order valence-electron chi connectivity index (χ3n) is 6.25. The molecular formula is C22H25FN6O3. The van der Waals surface area contributed by atoms with Crippen molar-refractivity contribution in [2.75, 3.05) is 11.4 Å². The van der Waals surface area contributed by atoms with Crippen LogP contribution in [-0.2, 0) is 0 Å². The fourth-order valence-corrected chi connectivity index (χ4v) is 4.68. The van der Waals surface area contributed by atoms with E-state index in [4.69, 9.17) is 9.72 Å².